The van der Waals surface area contributed by atoms with Crippen LogP contribution in [0, 0.1) is 0 Å². The van der Waals surface area contributed by atoms with Gasteiger partial charge in [-0.25, -0.2) is 8.42 Å². The molecule has 1 aliphatic heterocycles. The van der Waals surface area contributed by atoms with E-state index in [4.69, 9.17) is 0 Å². The van der Waals surface area contributed by atoms with Crippen LogP contribution in [0.2, 0.25) is 0 Å². The van der Waals surface area contributed by atoms with E-state index in [9.17, 15) is 8.42 Å². The van der Waals surface area contributed by atoms with Crippen molar-refractivity contribution in [3.8, 4) is 0 Å². The van der Waals surface area contributed by atoms with Gasteiger partial charge in [0.1, 0.15) is 0 Å². The van der Waals surface area contributed by atoms with E-state index in [0.717, 1.165) is 36.6 Å². The molecule has 2 aromatic rings. The molecule has 0 spiro atoms. The van der Waals surface area contributed by atoms with E-state index in [2.05, 4.69) is 10.3 Å². The largest absolute Gasteiger partial charge is 0.315 e. The average Bonchev–Trinajstić information content (AvgIpc) is 2.66. The molecule has 0 bridgehead atoms. The lowest BCUT2D eigenvalue weighted by molar-refractivity contribution is 0.330. The lowest BCUT2D eigenvalue weighted by Gasteiger charge is -2.28. The molecule has 5 nitrogen and oxygen atoms in total. The van der Waals surface area contributed by atoms with Gasteiger partial charge in [-0.1, -0.05) is 12.5 Å². The van der Waals surface area contributed by atoms with Gasteiger partial charge in [0.05, 0.1) is 4.90 Å². The van der Waals surface area contributed by atoms with Crippen LogP contribution >= 0.6 is 0 Å². The topological polar surface area (TPSA) is 62.3 Å². The Labute approximate surface area is 137 Å². The van der Waals surface area contributed by atoms with Crippen molar-refractivity contribution in [1.29, 1.82) is 0 Å². The molecule has 1 aromatic carbocycles. The fraction of sp³-hybridized carbons (Fsp3) is 0.471. The summed E-state index contributed by atoms with van der Waals surface area (Å²) in [5.41, 5.74) is 0. The van der Waals surface area contributed by atoms with Crippen LogP contribution in [0.4, 0.5) is 0 Å². The minimum atomic E-state index is -3.49. The Balaban J connectivity index is 1.96. The van der Waals surface area contributed by atoms with Gasteiger partial charge >= 0.3 is 0 Å². The summed E-state index contributed by atoms with van der Waals surface area (Å²) >= 11 is 0. The van der Waals surface area contributed by atoms with Crippen molar-refractivity contribution < 1.29 is 8.42 Å². The van der Waals surface area contributed by atoms with Gasteiger partial charge in [0, 0.05) is 36.9 Å². The van der Waals surface area contributed by atoms with E-state index in [0.29, 0.717) is 18.0 Å². The van der Waals surface area contributed by atoms with Crippen molar-refractivity contribution in [3.05, 3.63) is 36.7 Å². The van der Waals surface area contributed by atoms with E-state index in [1.54, 1.807) is 28.8 Å². The third-order valence-corrected chi connectivity index (χ3v) is 6.39. The standard InChI is InChI=1S/C17H23N3O2S/c1-14-12-18-8-3-2-4-10-20(14)23(21,22)17-6-5-16-13-19-9-7-15(16)11-17/h5-7,9,11,13-14,18H,2-4,8,10,12H2,1H3. The number of hydrogen-bond donors (Lipinski definition) is 1. The third-order valence-electron chi connectivity index (χ3n) is 4.38. The number of nitrogens with one attached hydrogen (secondary N) is 1. The van der Waals surface area contributed by atoms with Gasteiger partial charge in [-0.15, -0.1) is 0 Å². The van der Waals surface area contributed by atoms with Gasteiger partial charge in [0.15, 0.2) is 0 Å². The molecule has 0 aliphatic carbocycles. The van der Waals surface area contributed by atoms with Gasteiger partial charge in [0.25, 0.3) is 0 Å². The Morgan fingerprint density at radius 2 is 2.04 bits per heavy atom. The third kappa shape index (κ3) is 3.54. The lowest BCUT2D eigenvalue weighted by Crippen LogP contribution is -2.44. The average molecular weight is 333 g/mol. The summed E-state index contributed by atoms with van der Waals surface area (Å²) in [6.45, 7) is 4.21. The number of benzene rings is 1. The van der Waals surface area contributed by atoms with Gasteiger partial charge in [-0.2, -0.15) is 4.31 Å². The predicted octanol–water partition coefficient (Wildman–Crippen LogP) is 2.39. The van der Waals surface area contributed by atoms with Crippen LogP contribution in [-0.2, 0) is 10.0 Å². The minimum Gasteiger partial charge on any atom is -0.315 e. The van der Waals surface area contributed by atoms with Crippen LogP contribution in [0.1, 0.15) is 26.2 Å². The SMILES string of the molecule is CC1CNCCCCCN1S(=O)(=O)c1ccc2cnccc2c1. The highest BCUT2D eigenvalue weighted by Gasteiger charge is 2.29. The molecule has 6 heteroatoms. The summed E-state index contributed by atoms with van der Waals surface area (Å²) in [6, 6.07) is 7.06. The van der Waals surface area contributed by atoms with E-state index in [1.807, 2.05) is 19.1 Å². The number of aromatic nitrogens is 1. The van der Waals surface area contributed by atoms with Crippen LogP contribution in [0.3, 0.4) is 0 Å². The van der Waals surface area contributed by atoms with E-state index >= 15 is 0 Å². The highest BCUT2D eigenvalue weighted by molar-refractivity contribution is 7.89. The first-order valence-corrected chi connectivity index (χ1v) is 9.59. The zero-order valence-corrected chi connectivity index (χ0v) is 14.2. The molecule has 124 valence electrons. The Morgan fingerprint density at radius 3 is 2.91 bits per heavy atom. The maximum Gasteiger partial charge on any atom is 0.243 e. The monoisotopic (exact) mass is 333 g/mol. The quantitative estimate of drug-likeness (QED) is 0.916. The number of nitrogens with zero attached hydrogens (tertiary/aromatic N) is 2. The zero-order chi connectivity index (χ0) is 16.3. The first kappa shape index (κ1) is 16.4. The molecule has 1 aliphatic rings. The van der Waals surface area contributed by atoms with Crippen molar-refractivity contribution in [2.45, 2.75) is 37.1 Å². The first-order valence-electron chi connectivity index (χ1n) is 8.15. The van der Waals surface area contributed by atoms with Gasteiger partial charge in [-0.3, -0.25) is 4.98 Å². The zero-order valence-electron chi connectivity index (χ0n) is 13.4. The maximum absolute atomic E-state index is 13.1. The summed E-state index contributed by atoms with van der Waals surface area (Å²) in [4.78, 5) is 4.43. The van der Waals surface area contributed by atoms with Crippen LogP contribution < -0.4 is 5.32 Å². The molecule has 1 fully saturated rings. The summed E-state index contributed by atoms with van der Waals surface area (Å²) in [7, 11) is -3.49. The van der Waals surface area contributed by atoms with E-state index in [-0.39, 0.29) is 6.04 Å². The molecule has 1 unspecified atom stereocenters. The normalized spacial score (nSPS) is 21.5. The highest BCUT2D eigenvalue weighted by atomic mass is 32.2. The van der Waals surface area contributed by atoms with E-state index in [1.165, 1.54) is 0 Å². The van der Waals surface area contributed by atoms with E-state index < -0.39 is 10.0 Å². The van der Waals surface area contributed by atoms with Crippen molar-refractivity contribution in [1.82, 2.24) is 14.6 Å². The Bertz CT molecular complexity index is 776. The molecule has 0 saturated carbocycles. The first-order chi connectivity index (χ1) is 11.1. The van der Waals surface area contributed by atoms with Crippen molar-refractivity contribution in [3.63, 3.8) is 0 Å². The number of hydrogen-bond acceptors (Lipinski definition) is 4. The van der Waals surface area contributed by atoms with Crippen molar-refractivity contribution in [2.75, 3.05) is 19.6 Å². The minimum absolute atomic E-state index is 0.0498. The van der Waals surface area contributed by atoms with Gasteiger partial charge < -0.3 is 5.32 Å². The number of pyridine rings is 1. The number of rotatable bonds is 2. The summed E-state index contributed by atoms with van der Waals surface area (Å²) < 4.78 is 27.8. The molecule has 2 heterocycles. The molecule has 1 saturated heterocycles. The Morgan fingerprint density at radius 1 is 1.17 bits per heavy atom. The lowest BCUT2D eigenvalue weighted by atomic mass is 10.2. The second-order valence-corrected chi connectivity index (χ2v) is 8.00. The second-order valence-electron chi connectivity index (χ2n) is 6.11. The smallest absolute Gasteiger partial charge is 0.243 e. The molecule has 0 amide bonds. The van der Waals surface area contributed by atoms with Gasteiger partial charge in [0.2, 0.25) is 10.0 Å². The predicted molar refractivity (Wildman–Crippen MR) is 91.8 cm³/mol. The number of sulfonamides is 1. The molecular weight excluding hydrogens is 310 g/mol. The maximum atomic E-state index is 13.1. The Hall–Kier alpha value is -1.50. The Kier molecular flexibility index (Phi) is 4.94. The molecule has 0 radical (unpaired) electrons. The molecule has 3 rings (SSSR count). The van der Waals surface area contributed by atoms with Crippen molar-refractivity contribution >= 4 is 20.8 Å². The van der Waals surface area contributed by atoms with Crippen LogP contribution in [0.25, 0.3) is 10.8 Å². The fourth-order valence-corrected chi connectivity index (χ4v) is 4.75. The second kappa shape index (κ2) is 6.95. The summed E-state index contributed by atoms with van der Waals surface area (Å²) in [5.74, 6) is 0. The van der Waals surface area contributed by atoms with Crippen LogP contribution in [0.5, 0.6) is 0 Å². The van der Waals surface area contributed by atoms with Crippen molar-refractivity contribution in [2.24, 2.45) is 0 Å². The molecular formula is C17H23N3O2S. The summed E-state index contributed by atoms with van der Waals surface area (Å²) in [5, 5.41) is 5.19. The molecule has 23 heavy (non-hydrogen) atoms. The molecule has 1 atom stereocenters. The fourth-order valence-electron chi connectivity index (χ4n) is 3.04. The molecule has 1 aromatic heterocycles. The van der Waals surface area contributed by atoms with Crippen LogP contribution in [0.15, 0.2) is 41.6 Å². The van der Waals surface area contributed by atoms with Crippen LogP contribution in [-0.4, -0.2) is 43.4 Å². The molecule has 1 N–H and O–H groups in total. The highest BCUT2D eigenvalue weighted by Crippen LogP contribution is 2.23. The number of fused-ring (bicyclic) bond motifs is 1. The van der Waals surface area contributed by atoms with Gasteiger partial charge in [-0.05, 0) is 49.9 Å². The summed E-state index contributed by atoms with van der Waals surface area (Å²) in [6.07, 6.45) is 6.49.